The van der Waals surface area contributed by atoms with Crippen LogP contribution < -0.4 is 10.1 Å². The summed E-state index contributed by atoms with van der Waals surface area (Å²) in [6.07, 6.45) is 4.03. The lowest BCUT2D eigenvalue weighted by Crippen LogP contribution is -2.32. The van der Waals surface area contributed by atoms with E-state index in [9.17, 15) is 5.11 Å². The van der Waals surface area contributed by atoms with E-state index in [1.165, 1.54) is 12.2 Å². The van der Waals surface area contributed by atoms with Crippen LogP contribution in [-0.2, 0) is 0 Å². The van der Waals surface area contributed by atoms with Crippen molar-refractivity contribution in [2.24, 2.45) is 0 Å². The molecule has 0 spiro atoms. The van der Waals surface area contributed by atoms with E-state index in [1.807, 2.05) is 36.0 Å². The van der Waals surface area contributed by atoms with E-state index in [0.29, 0.717) is 13.2 Å². The van der Waals surface area contributed by atoms with Gasteiger partial charge in [-0.2, -0.15) is 11.8 Å². The highest BCUT2D eigenvalue weighted by Crippen LogP contribution is 2.16. The first-order chi connectivity index (χ1) is 9.22. The molecule has 0 fully saturated rings. The maximum atomic E-state index is 9.77. The lowest BCUT2D eigenvalue weighted by Gasteiger charge is -2.13. The third kappa shape index (κ3) is 8.52. The van der Waals surface area contributed by atoms with Crippen LogP contribution in [0.5, 0.6) is 5.75 Å². The molecule has 19 heavy (non-hydrogen) atoms. The standard InChI is InChI=1S/C14H22BrNO2S/c1-19-9-3-2-8-16-10-13(17)11-18-14-6-4-12(15)5-7-14/h4-7,13,16-17H,2-3,8-11H2,1H3. The Morgan fingerprint density at radius 1 is 1.32 bits per heavy atom. The maximum absolute atomic E-state index is 9.77. The fourth-order valence-corrected chi connectivity index (χ4v) is 2.30. The summed E-state index contributed by atoms with van der Waals surface area (Å²) in [5, 5.41) is 13.0. The van der Waals surface area contributed by atoms with E-state index >= 15 is 0 Å². The number of halogens is 1. The molecule has 108 valence electrons. The summed E-state index contributed by atoms with van der Waals surface area (Å²) >= 11 is 5.24. The predicted octanol–water partition coefficient (Wildman–Crippen LogP) is 2.92. The van der Waals surface area contributed by atoms with Crippen molar-refractivity contribution in [1.82, 2.24) is 5.32 Å². The van der Waals surface area contributed by atoms with Crippen LogP contribution in [0.4, 0.5) is 0 Å². The lowest BCUT2D eigenvalue weighted by atomic mass is 10.3. The predicted molar refractivity (Wildman–Crippen MR) is 86.1 cm³/mol. The fourth-order valence-electron chi connectivity index (χ4n) is 1.55. The Bertz CT molecular complexity index is 335. The number of ether oxygens (including phenoxy) is 1. The van der Waals surface area contributed by atoms with Gasteiger partial charge in [-0.15, -0.1) is 0 Å². The Morgan fingerprint density at radius 2 is 2.05 bits per heavy atom. The van der Waals surface area contributed by atoms with Gasteiger partial charge in [0.05, 0.1) is 0 Å². The zero-order valence-corrected chi connectivity index (χ0v) is 13.7. The number of aliphatic hydroxyl groups excluding tert-OH is 1. The summed E-state index contributed by atoms with van der Waals surface area (Å²) in [4.78, 5) is 0. The van der Waals surface area contributed by atoms with Crippen LogP contribution >= 0.6 is 27.7 Å². The van der Waals surface area contributed by atoms with Gasteiger partial charge in [0.2, 0.25) is 0 Å². The Morgan fingerprint density at radius 3 is 2.74 bits per heavy atom. The molecule has 0 amide bonds. The molecular formula is C14H22BrNO2S. The Kier molecular flexibility index (Phi) is 9.34. The van der Waals surface area contributed by atoms with Gasteiger partial charge in [-0.1, -0.05) is 15.9 Å². The second-order valence-corrected chi connectivity index (χ2v) is 6.22. The van der Waals surface area contributed by atoms with Crippen molar-refractivity contribution in [3.8, 4) is 5.75 Å². The monoisotopic (exact) mass is 347 g/mol. The average molecular weight is 348 g/mol. The first-order valence-corrected chi connectivity index (χ1v) is 8.67. The van der Waals surface area contributed by atoms with Crippen LogP contribution in [0.1, 0.15) is 12.8 Å². The first-order valence-electron chi connectivity index (χ1n) is 6.48. The summed E-state index contributed by atoms with van der Waals surface area (Å²) < 4.78 is 6.52. The molecule has 0 aliphatic heterocycles. The van der Waals surface area contributed by atoms with Crippen molar-refractivity contribution >= 4 is 27.7 Å². The Hall–Kier alpha value is -0.230. The van der Waals surface area contributed by atoms with Gasteiger partial charge < -0.3 is 15.2 Å². The van der Waals surface area contributed by atoms with Gasteiger partial charge in [0.25, 0.3) is 0 Å². The molecule has 0 saturated carbocycles. The molecule has 1 atom stereocenters. The van der Waals surface area contributed by atoms with E-state index < -0.39 is 6.10 Å². The molecule has 5 heteroatoms. The van der Waals surface area contributed by atoms with Crippen LogP contribution in [0.2, 0.25) is 0 Å². The van der Waals surface area contributed by atoms with Gasteiger partial charge >= 0.3 is 0 Å². The second-order valence-electron chi connectivity index (χ2n) is 4.32. The van der Waals surface area contributed by atoms with Crippen LogP contribution in [0.15, 0.2) is 28.7 Å². The molecule has 0 aromatic heterocycles. The molecule has 1 rings (SSSR count). The molecule has 0 bridgehead atoms. The van der Waals surface area contributed by atoms with Gasteiger partial charge in [0, 0.05) is 11.0 Å². The highest BCUT2D eigenvalue weighted by atomic mass is 79.9. The minimum Gasteiger partial charge on any atom is -0.491 e. The highest BCUT2D eigenvalue weighted by molar-refractivity contribution is 9.10. The van der Waals surface area contributed by atoms with Crippen molar-refractivity contribution in [3.05, 3.63) is 28.7 Å². The summed E-state index contributed by atoms with van der Waals surface area (Å²) in [6.45, 7) is 1.85. The third-order valence-electron chi connectivity index (χ3n) is 2.59. The average Bonchev–Trinajstić information content (AvgIpc) is 2.42. The van der Waals surface area contributed by atoms with Crippen molar-refractivity contribution in [1.29, 1.82) is 0 Å². The Balaban J connectivity index is 2.04. The number of thioether (sulfide) groups is 1. The van der Waals surface area contributed by atoms with Gasteiger partial charge in [0.1, 0.15) is 18.5 Å². The third-order valence-corrected chi connectivity index (χ3v) is 3.81. The normalized spacial score (nSPS) is 12.4. The van der Waals surface area contributed by atoms with Gasteiger partial charge in [-0.25, -0.2) is 0 Å². The number of benzene rings is 1. The zero-order chi connectivity index (χ0) is 13.9. The van der Waals surface area contributed by atoms with Gasteiger partial charge in [-0.3, -0.25) is 0 Å². The van der Waals surface area contributed by atoms with E-state index in [1.54, 1.807) is 0 Å². The van der Waals surface area contributed by atoms with Crippen LogP contribution in [-0.4, -0.2) is 42.9 Å². The van der Waals surface area contributed by atoms with Crippen LogP contribution in [0, 0.1) is 0 Å². The fraction of sp³-hybridized carbons (Fsp3) is 0.571. The molecule has 0 aliphatic carbocycles. The summed E-state index contributed by atoms with van der Waals surface area (Å²) in [6, 6.07) is 7.61. The lowest BCUT2D eigenvalue weighted by molar-refractivity contribution is 0.106. The maximum Gasteiger partial charge on any atom is 0.119 e. The van der Waals surface area contributed by atoms with Gasteiger partial charge in [0.15, 0.2) is 0 Å². The number of nitrogens with one attached hydrogen (secondary N) is 1. The van der Waals surface area contributed by atoms with Crippen molar-refractivity contribution in [3.63, 3.8) is 0 Å². The van der Waals surface area contributed by atoms with E-state index in [4.69, 9.17) is 4.74 Å². The number of rotatable bonds is 10. The van der Waals surface area contributed by atoms with E-state index in [-0.39, 0.29) is 0 Å². The van der Waals surface area contributed by atoms with E-state index in [0.717, 1.165) is 23.2 Å². The first kappa shape index (κ1) is 16.8. The van der Waals surface area contributed by atoms with Crippen molar-refractivity contribution in [2.75, 3.05) is 31.7 Å². The highest BCUT2D eigenvalue weighted by Gasteiger charge is 2.04. The van der Waals surface area contributed by atoms with Crippen LogP contribution in [0.3, 0.4) is 0 Å². The topological polar surface area (TPSA) is 41.5 Å². The zero-order valence-electron chi connectivity index (χ0n) is 11.3. The quantitative estimate of drug-likeness (QED) is 0.638. The number of hydrogen-bond acceptors (Lipinski definition) is 4. The van der Waals surface area contributed by atoms with E-state index in [2.05, 4.69) is 27.5 Å². The number of hydrogen-bond donors (Lipinski definition) is 2. The molecule has 3 nitrogen and oxygen atoms in total. The molecular weight excluding hydrogens is 326 g/mol. The minimum absolute atomic E-state index is 0.319. The smallest absolute Gasteiger partial charge is 0.119 e. The van der Waals surface area contributed by atoms with Crippen molar-refractivity contribution in [2.45, 2.75) is 18.9 Å². The largest absolute Gasteiger partial charge is 0.491 e. The summed E-state index contributed by atoms with van der Waals surface area (Å²) in [5.41, 5.74) is 0. The summed E-state index contributed by atoms with van der Waals surface area (Å²) in [7, 11) is 0. The molecule has 1 unspecified atom stereocenters. The van der Waals surface area contributed by atoms with Gasteiger partial charge in [-0.05, 0) is 55.7 Å². The SMILES string of the molecule is CSCCCCNCC(O)COc1ccc(Br)cc1. The molecule has 0 heterocycles. The number of unbranched alkanes of at least 4 members (excludes halogenated alkanes) is 1. The molecule has 0 aliphatic rings. The summed E-state index contributed by atoms with van der Waals surface area (Å²) in [5.74, 6) is 1.99. The molecule has 0 radical (unpaired) electrons. The minimum atomic E-state index is -0.468. The molecule has 0 saturated heterocycles. The molecule has 1 aromatic carbocycles. The number of aliphatic hydroxyl groups is 1. The van der Waals surface area contributed by atoms with Crippen LogP contribution in [0.25, 0.3) is 0 Å². The van der Waals surface area contributed by atoms with Crippen molar-refractivity contribution < 1.29 is 9.84 Å². The second kappa shape index (κ2) is 10.5. The molecule has 2 N–H and O–H groups in total. The Labute approximate surface area is 128 Å². The molecule has 1 aromatic rings.